The van der Waals surface area contributed by atoms with Crippen molar-refractivity contribution in [3.8, 4) is 5.75 Å². The Kier molecular flexibility index (Phi) is 9.46. The van der Waals surface area contributed by atoms with Gasteiger partial charge in [0.15, 0.2) is 0 Å². The van der Waals surface area contributed by atoms with Crippen molar-refractivity contribution in [2.45, 2.75) is 51.5 Å². The SMILES string of the molecule is C=C/C=C\C(C)=C(/C)C(=O)Nc1cc(OC)c(S(=O)(=O)N[C@H](C)C2CCN(C)CC2)cc1C. The number of anilines is 1. The van der Waals surface area contributed by atoms with Gasteiger partial charge in [-0.25, -0.2) is 13.1 Å². The highest BCUT2D eigenvalue weighted by Gasteiger charge is 2.29. The molecule has 0 unspecified atom stereocenters. The molecule has 1 fully saturated rings. The number of piperidine rings is 1. The van der Waals surface area contributed by atoms with Crippen LogP contribution in [0.5, 0.6) is 5.75 Å². The van der Waals surface area contributed by atoms with Gasteiger partial charge in [0.25, 0.3) is 5.91 Å². The number of rotatable bonds is 9. The average Bonchev–Trinajstić information content (AvgIpc) is 2.77. The number of amides is 1. The number of carbonyl (C=O) groups is 1. The topological polar surface area (TPSA) is 87.7 Å². The highest BCUT2D eigenvalue weighted by molar-refractivity contribution is 7.89. The first-order chi connectivity index (χ1) is 15.5. The Morgan fingerprint density at radius 1 is 1.27 bits per heavy atom. The summed E-state index contributed by atoms with van der Waals surface area (Å²) < 4.78 is 34.6. The normalized spacial score (nSPS) is 17.5. The molecule has 2 N–H and O–H groups in total. The third-order valence-electron chi connectivity index (χ3n) is 6.27. The summed E-state index contributed by atoms with van der Waals surface area (Å²) in [5, 5.41) is 2.86. The molecule has 0 aromatic heterocycles. The van der Waals surface area contributed by atoms with Gasteiger partial charge >= 0.3 is 0 Å². The van der Waals surface area contributed by atoms with E-state index in [-0.39, 0.29) is 28.5 Å². The standard InChI is InChI=1S/C25H37N3O4S/c1-8-9-10-17(2)19(4)25(29)26-22-16-23(32-7)24(15-18(22)3)33(30,31)27-20(5)21-11-13-28(6)14-12-21/h8-10,15-16,20-21,27H,1,11-14H2,2-7H3,(H,26,29)/b10-9-,19-17+/t20-/m1/s1. The number of ether oxygens (including phenoxy) is 1. The molecule has 1 heterocycles. The molecular weight excluding hydrogens is 438 g/mol. The van der Waals surface area contributed by atoms with Gasteiger partial charge in [0.05, 0.1) is 7.11 Å². The van der Waals surface area contributed by atoms with Crippen molar-refractivity contribution in [2.75, 3.05) is 32.6 Å². The van der Waals surface area contributed by atoms with E-state index in [4.69, 9.17) is 4.74 Å². The summed E-state index contributed by atoms with van der Waals surface area (Å²) in [5.41, 5.74) is 2.49. The Bertz CT molecular complexity index is 1040. The first-order valence-corrected chi connectivity index (χ1v) is 12.7. The Morgan fingerprint density at radius 3 is 2.48 bits per heavy atom. The van der Waals surface area contributed by atoms with Crippen molar-refractivity contribution in [3.63, 3.8) is 0 Å². The summed E-state index contributed by atoms with van der Waals surface area (Å²) >= 11 is 0. The Morgan fingerprint density at radius 2 is 1.91 bits per heavy atom. The van der Waals surface area contributed by atoms with Gasteiger partial charge in [-0.05, 0) is 83.8 Å². The van der Waals surface area contributed by atoms with E-state index in [1.165, 1.54) is 7.11 Å². The van der Waals surface area contributed by atoms with Crippen LogP contribution in [-0.4, -0.2) is 52.5 Å². The Balaban J connectivity index is 2.26. The van der Waals surface area contributed by atoms with E-state index in [0.29, 0.717) is 16.8 Å². The summed E-state index contributed by atoms with van der Waals surface area (Å²) in [6.07, 6.45) is 7.12. The lowest BCUT2D eigenvalue weighted by atomic mass is 9.91. The third kappa shape index (κ3) is 7.03. The molecule has 0 spiro atoms. The lowest BCUT2D eigenvalue weighted by molar-refractivity contribution is -0.112. The first-order valence-electron chi connectivity index (χ1n) is 11.2. The van der Waals surface area contributed by atoms with E-state index in [1.807, 2.05) is 19.9 Å². The largest absolute Gasteiger partial charge is 0.495 e. The van der Waals surface area contributed by atoms with Gasteiger partial charge in [0.2, 0.25) is 10.0 Å². The van der Waals surface area contributed by atoms with E-state index in [9.17, 15) is 13.2 Å². The van der Waals surface area contributed by atoms with E-state index < -0.39 is 10.0 Å². The second-order valence-electron chi connectivity index (χ2n) is 8.73. The van der Waals surface area contributed by atoms with Crippen LogP contribution < -0.4 is 14.8 Å². The minimum Gasteiger partial charge on any atom is -0.495 e. The molecule has 1 saturated heterocycles. The van der Waals surface area contributed by atoms with Crippen LogP contribution in [0.3, 0.4) is 0 Å². The molecular formula is C25H37N3O4S. The van der Waals surface area contributed by atoms with Gasteiger partial charge in [0.1, 0.15) is 10.6 Å². The van der Waals surface area contributed by atoms with Crippen molar-refractivity contribution >= 4 is 21.6 Å². The van der Waals surface area contributed by atoms with Gasteiger partial charge < -0.3 is 15.0 Å². The number of carbonyl (C=O) groups excluding carboxylic acids is 1. The summed E-state index contributed by atoms with van der Waals surface area (Å²) in [6.45, 7) is 12.8. The zero-order valence-corrected chi connectivity index (χ0v) is 21.4. The maximum absolute atomic E-state index is 13.2. The predicted molar refractivity (Wildman–Crippen MR) is 134 cm³/mol. The molecule has 0 aliphatic carbocycles. The van der Waals surface area contributed by atoms with Crippen LogP contribution in [-0.2, 0) is 14.8 Å². The van der Waals surface area contributed by atoms with Crippen LogP contribution in [0.4, 0.5) is 5.69 Å². The van der Waals surface area contributed by atoms with Gasteiger partial charge in [-0.15, -0.1) is 0 Å². The molecule has 1 aromatic carbocycles. The molecule has 0 saturated carbocycles. The average molecular weight is 476 g/mol. The fraction of sp³-hybridized carbons (Fsp3) is 0.480. The summed E-state index contributed by atoms with van der Waals surface area (Å²) in [4.78, 5) is 15.0. The zero-order chi connectivity index (χ0) is 24.8. The van der Waals surface area contributed by atoms with Crippen molar-refractivity contribution in [3.05, 3.63) is 53.6 Å². The Hall–Kier alpha value is -2.42. The number of methoxy groups -OCH3 is 1. The zero-order valence-electron chi connectivity index (χ0n) is 20.6. The summed E-state index contributed by atoms with van der Waals surface area (Å²) in [7, 11) is -0.301. The quantitative estimate of drug-likeness (QED) is 0.416. The smallest absolute Gasteiger partial charge is 0.251 e. The highest BCUT2D eigenvalue weighted by atomic mass is 32.2. The molecule has 0 bridgehead atoms. The van der Waals surface area contributed by atoms with Gasteiger partial charge in [-0.2, -0.15) is 0 Å². The first kappa shape index (κ1) is 26.8. The molecule has 7 nitrogen and oxygen atoms in total. The summed E-state index contributed by atoms with van der Waals surface area (Å²) in [6, 6.07) is 2.92. The minimum atomic E-state index is -3.80. The maximum atomic E-state index is 13.2. The van der Waals surface area contributed by atoms with Crippen molar-refractivity contribution < 1.29 is 17.9 Å². The number of nitrogens with zero attached hydrogens (tertiary/aromatic N) is 1. The molecule has 33 heavy (non-hydrogen) atoms. The molecule has 8 heteroatoms. The maximum Gasteiger partial charge on any atom is 0.251 e. The molecule has 0 radical (unpaired) electrons. The van der Waals surface area contributed by atoms with Crippen LogP contribution in [0, 0.1) is 12.8 Å². The van der Waals surface area contributed by atoms with Crippen LogP contribution in [0.1, 0.15) is 39.2 Å². The van der Waals surface area contributed by atoms with Gasteiger partial charge in [0, 0.05) is 23.4 Å². The molecule has 1 aliphatic heterocycles. The fourth-order valence-corrected chi connectivity index (χ4v) is 5.38. The molecule has 182 valence electrons. The van der Waals surface area contributed by atoms with E-state index in [0.717, 1.165) is 31.5 Å². The number of sulfonamides is 1. The monoisotopic (exact) mass is 475 g/mol. The minimum absolute atomic E-state index is 0.0673. The van der Waals surface area contributed by atoms with Gasteiger partial charge in [-0.1, -0.05) is 24.8 Å². The number of aryl methyl sites for hydroxylation is 1. The van der Waals surface area contributed by atoms with Gasteiger partial charge in [-0.3, -0.25) is 4.79 Å². The van der Waals surface area contributed by atoms with Crippen molar-refractivity contribution in [2.24, 2.45) is 5.92 Å². The number of nitrogens with one attached hydrogen (secondary N) is 2. The van der Waals surface area contributed by atoms with Crippen LogP contribution in [0.2, 0.25) is 0 Å². The number of benzene rings is 1. The third-order valence-corrected chi connectivity index (χ3v) is 7.85. The van der Waals surface area contributed by atoms with E-state index in [2.05, 4.69) is 28.6 Å². The second-order valence-corrected chi connectivity index (χ2v) is 10.4. The second kappa shape index (κ2) is 11.6. The molecule has 1 aromatic rings. The number of hydrogen-bond donors (Lipinski definition) is 2. The highest BCUT2D eigenvalue weighted by Crippen LogP contribution is 2.32. The fourth-order valence-electron chi connectivity index (χ4n) is 3.83. The number of hydrogen-bond acceptors (Lipinski definition) is 5. The summed E-state index contributed by atoms with van der Waals surface area (Å²) in [5.74, 6) is 0.203. The van der Waals surface area contributed by atoms with Crippen molar-refractivity contribution in [1.29, 1.82) is 0 Å². The van der Waals surface area contributed by atoms with Crippen LogP contribution >= 0.6 is 0 Å². The van der Waals surface area contributed by atoms with Crippen LogP contribution in [0.15, 0.2) is 53.0 Å². The Labute approximate surface area is 198 Å². The molecule has 1 amide bonds. The predicted octanol–water partition coefficient (Wildman–Crippen LogP) is 4.03. The van der Waals surface area contributed by atoms with E-state index in [1.54, 1.807) is 38.1 Å². The lowest BCUT2D eigenvalue weighted by Gasteiger charge is -2.33. The van der Waals surface area contributed by atoms with Crippen LogP contribution in [0.25, 0.3) is 0 Å². The number of likely N-dealkylation sites (tertiary alicyclic amines) is 1. The van der Waals surface area contributed by atoms with Crippen molar-refractivity contribution in [1.82, 2.24) is 9.62 Å². The number of allylic oxidation sites excluding steroid dienone is 4. The molecule has 2 rings (SSSR count). The lowest BCUT2D eigenvalue weighted by Crippen LogP contribution is -2.43. The molecule has 1 aliphatic rings. The van der Waals surface area contributed by atoms with E-state index >= 15 is 0 Å². The molecule has 1 atom stereocenters.